The number of carbonyl (C=O) groups is 1. The zero-order chi connectivity index (χ0) is 11.7. The van der Waals surface area contributed by atoms with Crippen LogP contribution in [0.25, 0.3) is 0 Å². The Labute approximate surface area is 98.6 Å². The summed E-state index contributed by atoms with van der Waals surface area (Å²) >= 11 is 0. The van der Waals surface area contributed by atoms with Crippen molar-refractivity contribution >= 4 is 5.91 Å². The highest BCUT2D eigenvalue weighted by atomic mass is 16.2. The molecule has 0 aliphatic carbocycles. The summed E-state index contributed by atoms with van der Waals surface area (Å²) in [6.45, 7) is 9.50. The van der Waals surface area contributed by atoms with E-state index in [2.05, 4.69) is 31.0 Å². The van der Waals surface area contributed by atoms with Crippen molar-refractivity contribution in [3.63, 3.8) is 0 Å². The summed E-state index contributed by atoms with van der Waals surface area (Å²) in [5.41, 5.74) is 0. The fourth-order valence-electron chi connectivity index (χ4n) is 2.78. The first-order valence-electron chi connectivity index (χ1n) is 6.60. The van der Waals surface area contributed by atoms with Crippen LogP contribution in [0.2, 0.25) is 0 Å². The number of nitrogens with one attached hydrogen (secondary N) is 1. The van der Waals surface area contributed by atoms with Gasteiger partial charge in [-0.25, -0.2) is 0 Å². The molecule has 2 aliphatic rings. The maximum absolute atomic E-state index is 12.3. The number of nitrogens with zero attached hydrogens (tertiary/aromatic N) is 1. The maximum Gasteiger partial charge on any atom is 0.226 e. The lowest BCUT2D eigenvalue weighted by atomic mass is 9.94. The molecule has 2 fully saturated rings. The molecule has 2 saturated heterocycles. The SMILES string of the molecule is CC1CCC(C(=O)N2CC(C)C(C)C2)CN1. The molecule has 2 heterocycles. The minimum absolute atomic E-state index is 0.230. The predicted octanol–water partition coefficient (Wildman–Crippen LogP) is 1.49. The van der Waals surface area contributed by atoms with Gasteiger partial charge in [0.2, 0.25) is 5.91 Å². The van der Waals surface area contributed by atoms with Crippen molar-refractivity contribution in [2.45, 2.75) is 39.7 Å². The van der Waals surface area contributed by atoms with E-state index < -0.39 is 0 Å². The fraction of sp³-hybridized carbons (Fsp3) is 0.923. The smallest absolute Gasteiger partial charge is 0.226 e. The van der Waals surface area contributed by atoms with Gasteiger partial charge in [-0.05, 0) is 31.6 Å². The van der Waals surface area contributed by atoms with Crippen LogP contribution < -0.4 is 5.32 Å². The van der Waals surface area contributed by atoms with Gasteiger partial charge in [-0.15, -0.1) is 0 Å². The Hall–Kier alpha value is -0.570. The molecule has 2 aliphatic heterocycles. The second-order valence-corrected chi connectivity index (χ2v) is 5.78. The summed E-state index contributed by atoms with van der Waals surface area (Å²) in [6.07, 6.45) is 2.20. The number of likely N-dealkylation sites (tertiary alicyclic amines) is 1. The van der Waals surface area contributed by atoms with Crippen LogP contribution in [0.1, 0.15) is 33.6 Å². The highest BCUT2D eigenvalue weighted by Crippen LogP contribution is 2.25. The number of hydrogen-bond acceptors (Lipinski definition) is 2. The summed E-state index contributed by atoms with van der Waals surface area (Å²) < 4.78 is 0. The van der Waals surface area contributed by atoms with Crippen LogP contribution in [0.15, 0.2) is 0 Å². The quantitative estimate of drug-likeness (QED) is 0.732. The molecule has 0 aromatic heterocycles. The van der Waals surface area contributed by atoms with Crippen molar-refractivity contribution in [1.29, 1.82) is 0 Å². The van der Waals surface area contributed by atoms with Gasteiger partial charge >= 0.3 is 0 Å². The number of amides is 1. The van der Waals surface area contributed by atoms with Crippen molar-refractivity contribution in [1.82, 2.24) is 10.2 Å². The Morgan fingerprint density at radius 2 is 1.75 bits per heavy atom. The molecule has 0 aromatic rings. The molecular formula is C13H24N2O. The van der Waals surface area contributed by atoms with Gasteiger partial charge in [-0.3, -0.25) is 4.79 Å². The Morgan fingerprint density at radius 3 is 2.25 bits per heavy atom. The van der Waals surface area contributed by atoms with E-state index in [0.29, 0.717) is 23.8 Å². The van der Waals surface area contributed by atoms with E-state index in [4.69, 9.17) is 0 Å². The highest BCUT2D eigenvalue weighted by Gasteiger charge is 2.34. The number of piperidine rings is 1. The van der Waals surface area contributed by atoms with E-state index in [0.717, 1.165) is 32.5 Å². The number of hydrogen-bond donors (Lipinski definition) is 1. The first-order chi connectivity index (χ1) is 7.58. The van der Waals surface area contributed by atoms with Gasteiger partial charge in [0.05, 0.1) is 5.92 Å². The van der Waals surface area contributed by atoms with Gasteiger partial charge in [-0.1, -0.05) is 13.8 Å². The van der Waals surface area contributed by atoms with Crippen LogP contribution in [0.5, 0.6) is 0 Å². The zero-order valence-electron chi connectivity index (χ0n) is 10.7. The normalized spacial score (nSPS) is 40.1. The van der Waals surface area contributed by atoms with E-state index in [1.54, 1.807) is 0 Å². The minimum Gasteiger partial charge on any atom is -0.342 e. The maximum atomic E-state index is 12.3. The molecule has 3 heteroatoms. The third-order valence-electron chi connectivity index (χ3n) is 4.31. The lowest BCUT2D eigenvalue weighted by Gasteiger charge is -2.30. The van der Waals surface area contributed by atoms with Crippen molar-refractivity contribution < 1.29 is 4.79 Å². The van der Waals surface area contributed by atoms with Gasteiger partial charge in [0, 0.05) is 25.7 Å². The van der Waals surface area contributed by atoms with E-state index in [1.807, 2.05) is 0 Å². The molecule has 3 nitrogen and oxygen atoms in total. The van der Waals surface area contributed by atoms with Gasteiger partial charge in [0.25, 0.3) is 0 Å². The van der Waals surface area contributed by atoms with Gasteiger partial charge in [-0.2, -0.15) is 0 Å². The molecule has 4 atom stereocenters. The minimum atomic E-state index is 0.230. The van der Waals surface area contributed by atoms with Crippen LogP contribution >= 0.6 is 0 Å². The van der Waals surface area contributed by atoms with Gasteiger partial charge in [0.1, 0.15) is 0 Å². The van der Waals surface area contributed by atoms with Crippen LogP contribution in [0.3, 0.4) is 0 Å². The average Bonchev–Trinajstić information content (AvgIpc) is 2.59. The Kier molecular flexibility index (Phi) is 3.53. The van der Waals surface area contributed by atoms with E-state index >= 15 is 0 Å². The summed E-state index contributed by atoms with van der Waals surface area (Å²) in [4.78, 5) is 14.4. The molecule has 4 unspecified atom stereocenters. The second-order valence-electron chi connectivity index (χ2n) is 5.78. The van der Waals surface area contributed by atoms with Crippen molar-refractivity contribution in [2.75, 3.05) is 19.6 Å². The van der Waals surface area contributed by atoms with Crippen molar-refractivity contribution in [3.8, 4) is 0 Å². The number of rotatable bonds is 1. The summed E-state index contributed by atoms with van der Waals surface area (Å²) in [7, 11) is 0. The molecule has 2 rings (SSSR count). The second kappa shape index (κ2) is 4.74. The third kappa shape index (κ3) is 2.40. The standard InChI is InChI=1S/C13H24N2O/c1-9-7-15(8-10(9)2)13(16)12-5-4-11(3)14-6-12/h9-12,14H,4-8H2,1-3H3. The van der Waals surface area contributed by atoms with E-state index in [9.17, 15) is 4.79 Å². The molecule has 0 radical (unpaired) electrons. The van der Waals surface area contributed by atoms with Crippen molar-refractivity contribution in [2.24, 2.45) is 17.8 Å². The molecule has 0 bridgehead atoms. The average molecular weight is 224 g/mol. The largest absolute Gasteiger partial charge is 0.342 e. The molecule has 92 valence electrons. The monoisotopic (exact) mass is 224 g/mol. The third-order valence-corrected chi connectivity index (χ3v) is 4.31. The van der Waals surface area contributed by atoms with Gasteiger partial charge in [0.15, 0.2) is 0 Å². The molecule has 1 amide bonds. The lowest BCUT2D eigenvalue weighted by Crippen LogP contribution is -2.45. The summed E-state index contributed by atoms with van der Waals surface area (Å²) in [5, 5.41) is 3.41. The van der Waals surface area contributed by atoms with Crippen LogP contribution in [-0.4, -0.2) is 36.5 Å². The van der Waals surface area contributed by atoms with E-state index in [1.165, 1.54) is 0 Å². The molecule has 16 heavy (non-hydrogen) atoms. The Morgan fingerprint density at radius 1 is 1.12 bits per heavy atom. The first kappa shape index (κ1) is 11.9. The van der Waals surface area contributed by atoms with Crippen LogP contribution in [0.4, 0.5) is 0 Å². The Balaban J connectivity index is 1.88. The molecular weight excluding hydrogens is 200 g/mol. The number of carbonyl (C=O) groups excluding carboxylic acids is 1. The fourth-order valence-corrected chi connectivity index (χ4v) is 2.78. The molecule has 0 saturated carbocycles. The van der Waals surface area contributed by atoms with Gasteiger partial charge < -0.3 is 10.2 Å². The molecule has 0 aromatic carbocycles. The summed E-state index contributed by atoms with van der Waals surface area (Å²) in [6, 6.07) is 0.584. The highest BCUT2D eigenvalue weighted by molar-refractivity contribution is 5.79. The summed E-state index contributed by atoms with van der Waals surface area (Å²) in [5.74, 6) is 1.95. The topological polar surface area (TPSA) is 32.3 Å². The van der Waals surface area contributed by atoms with Crippen LogP contribution in [0, 0.1) is 17.8 Å². The zero-order valence-corrected chi connectivity index (χ0v) is 10.7. The first-order valence-corrected chi connectivity index (χ1v) is 6.60. The lowest BCUT2D eigenvalue weighted by molar-refractivity contribution is -0.135. The van der Waals surface area contributed by atoms with Crippen molar-refractivity contribution in [3.05, 3.63) is 0 Å². The molecule has 1 N–H and O–H groups in total. The molecule has 0 spiro atoms. The Bertz CT molecular complexity index is 249. The van der Waals surface area contributed by atoms with E-state index in [-0.39, 0.29) is 5.92 Å². The van der Waals surface area contributed by atoms with Crippen LogP contribution in [-0.2, 0) is 4.79 Å². The predicted molar refractivity (Wildman–Crippen MR) is 65.1 cm³/mol.